The molecule has 0 spiro atoms. The van der Waals surface area contributed by atoms with Crippen molar-refractivity contribution in [2.75, 3.05) is 31.1 Å². The maximum atomic E-state index is 13.4. The highest BCUT2D eigenvalue weighted by atomic mass is 32.2. The molecule has 1 N–H and O–H groups in total. The van der Waals surface area contributed by atoms with Crippen molar-refractivity contribution in [1.29, 1.82) is 0 Å². The number of aryl methyl sites for hydroxylation is 1. The lowest BCUT2D eigenvalue weighted by atomic mass is 10.2. The summed E-state index contributed by atoms with van der Waals surface area (Å²) in [5.74, 6) is 0.635. The summed E-state index contributed by atoms with van der Waals surface area (Å²) in [6, 6.07) is 22.3. The van der Waals surface area contributed by atoms with E-state index < -0.39 is 22.5 Å². The van der Waals surface area contributed by atoms with E-state index in [-0.39, 0.29) is 23.7 Å². The van der Waals surface area contributed by atoms with Crippen molar-refractivity contribution in [3.8, 4) is 11.5 Å². The zero-order valence-electron chi connectivity index (χ0n) is 18.0. The van der Waals surface area contributed by atoms with Gasteiger partial charge < -0.3 is 14.8 Å². The van der Waals surface area contributed by atoms with Gasteiger partial charge in [-0.3, -0.25) is 9.10 Å². The van der Waals surface area contributed by atoms with Gasteiger partial charge in [0.05, 0.1) is 24.2 Å². The molecule has 168 valence electrons. The highest BCUT2D eigenvalue weighted by molar-refractivity contribution is 7.92. The molecule has 3 rings (SSSR count). The van der Waals surface area contributed by atoms with Crippen LogP contribution in [0.5, 0.6) is 11.5 Å². The number of nitrogens with zero attached hydrogens (tertiary/aromatic N) is 1. The van der Waals surface area contributed by atoms with E-state index in [0.29, 0.717) is 5.75 Å². The van der Waals surface area contributed by atoms with Gasteiger partial charge in [-0.1, -0.05) is 48.5 Å². The average molecular weight is 455 g/mol. The van der Waals surface area contributed by atoms with Crippen molar-refractivity contribution in [2.24, 2.45) is 0 Å². The standard InChI is InChI=1S/C24H26N2O5S/c1-19-10-6-8-14-22(19)31-17-16-25-24(27)18-26(21-13-7-9-15-23(21)30-2)32(28,29)20-11-4-3-5-12-20/h3-15H,16-18H2,1-2H3,(H,25,27). The summed E-state index contributed by atoms with van der Waals surface area (Å²) in [5.41, 5.74) is 1.28. The third-order valence-electron chi connectivity index (χ3n) is 4.75. The van der Waals surface area contributed by atoms with Crippen molar-refractivity contribution in [2.45, 2.75) is 11.8 Å². The van der Waals surface area contributed by atoms with Crippen LogP contribution in [-0.2, 0) is 14.8 Å². The summed E-state index contributed by atoms with van der Waals surface area (Å²) in [6.45, 7) is 2.03. The van der Waals surface area contributed by atoms with Crippen LogP contribution in [0.1, 0.15) is 5.56 Å². The second-order valence-corrected chi connectivity index (χ2v) is 8.82. The molecule has 0 bridgehead atoms. The topological polar surface area (TPSA) is 84.9 Å². The van der Waals surface area contributed by atoms with Gasteiger partial charge in [-0.2, -0.15) is 0 Å². The van der Waals surface area contributed by atoms with E-state index in [1.165, 1.54) is 19.2 Å². The van der Waals surface area contributed by atoms with Crippen LogP contribution < -0.4 is 19.1 Å². The van der Waals surface area contributed by atoms with Crippen LogP contribution in [0, 0.1) is 6.92 Å². The lowest BCUT2D eigenvalue weighted by Gasteiger charge is -2.25. The summed E-state index contributed by atoms with van der Waals surface area (Å²) in [5, 5.41) is 2.72. The Morgan fingerprint density at radius 2 is 1.53 bits per heavy atom. The Hall–Kier alpha value is -3.52. The number of methoxy groups -OCH3 is 1. The normalized spacial score (nSPS) is 10.9. The summed E-state index contributed by atoms with van der Waals surface area (Å²) < 4.78 is 38.8. The summed E-state index contributed by atoms with van der Waals surface area (Å²) in [6.07, 6.45) is 0. The minimum Gasteiger partial charge on any atom is -0.495 e. The van der Waals surface area contributed by atoms with Crippen LogP contribution in [0.15, 0.2) is 83.8 Å². The first-order valence-corrected chi connectivity index (χ1v) is 11.5. The van der Waals surface area contributed by atoms with Crippen LogP contribution in [0.3, 0.4) is 0 Å². The number of carbonyl (C=O) groups is 1. The summed E-state index contributed by atoms with van der Waals surface area (Å²) in [4.78, 5) is 12.8. The zero-order valence-corrected chi connectivity index (χ0v) is 18.8. The number of rotatable bonds is 10. The number of hydrogen-bond acceptors (Lipinski definition) is 5. The second-order valence-electron chi connectivity index (χ2n) is 6.96. The van der Waals surface area contributed by atoms with Gasteiger partial charge in [-0.25, -0.2) is 8.42 Å². The SMILES string of the molecule is COc1ccccc1N(CC(=O)NCCOc1ccccc1C)S(=O)(=O)c1ccccc1. The van der Waals surface area contributed by atoms with Gasteiger partial charge in [0.15, 0.2) is 0 Å². The fraction of sp³-hybridized carbons (Fsp3) is 0.208. The van der Waals surface area contributed by atoms with Gasteiger partial charge in [-0.15, -0.1) is 0 Å². The smallest absolute Gasteiger partial charge is 0.264 e. The molecule has 7 nitrogen and oxygen atoms in total. The van der Waals surface area contributed by atoms with Crippen molar-refractivity contribution in [1.82, 2.24) is 5.32 Å². The summed E-state index contributed by atoms with van der Waals surface area (Å²) in [7, 11) is -2.55. The van der Waals surface area contributed by atoms with Crippen LogP contribution in [0.4, 0.5) is 5.69 Å². The molecule has 1 amide bonds. The van der Waals surface area contributed by atoms with Gasteiger partial charge >= 0.3 is 0 Å². The quantitative estimate of drug-likeness (QED) is 0.475. The number of anilines is 1. The maximum Gasteiger partial charge on any atom is 0.264 e. The fourth-order valence-corrected chi connectivity index (χ4v) is 4.56. The molecule has 0 saturated carbocycles. The maximum absolute atomic E-state index is 13.4. The molecular formula is C24H26N2O5S. The Kier molecular flexibility index (Phi) is 7.72. The number of hydrogen-bond donors (Lipinski definition) is 1. The molecule has 0 aliphatic heterocycles. The molecule has 0 aliphatic rings. The molecule has 3 aromatic carbocycles. The first-order chi connectivity index (χ1) is 15.4. The van der Waals surface area contributed by atoms with Crippen molar-refractivity contribution in [3.63, 3.8) is 0 Å². The van der Waals surface area contributed by atoms with Crippen molar-refractivity contribution in [3.05, 3.63) is 84.4 Å². The van der Waals surface area contributed by atoms with E-state index >= 15 is 0 Å². The molecule has 0 aromatic heterocycles. The molecule has 0 fully saturated rings. The number of amides is 1. The Labute approximate surface area is 188 Å². The highest BCUT2D eigenvalue weighted by Gasteiger charge is 2.29. The lowest BCUT2D eigenvalue weighted by Crippen LogP contribution is -2.42. The van der Waals surface area contributed by atoms with E-state index in [0.717, 1.165) is 15.6 Å². The molecule has 0 saturated heterocycles. The Balaban J connectivity index is 1.74. The molecule has 3 aromatic rings. The molecule has 32 heavy (non-hydrogen) atoms. The number of ether oxygens (including phenoxy) is 2. The molecule has 0 aliphatic carbocycles. The zero-order chi connectivity index (χ0) is 23.0. The Bertz CT molecular complexity index is 1150. The minimum absolute atomic E-state index is 0.0848. The van der Waals surface area contributed by atoms with Crippen LogP contribution in [0.25, 0.3) is 0 Å². The van der Waals surface area contributed by atoms with Gasteiger partial charge in [0.2, 0.25) is 5.91 Å². The van der Waals surface area contributed by atoms with Gasteiger partial charge in [0.1, 0.15) is 24.7 Å². The number of benzene rings is 3. The van der Waals surface area contributed by atoms with E-state index in [1.807, 2.05) is 31.2 Å². The molecular weight excluding hydrogens is 428 g/mol. The number of sulfonamides is 1. The predicted molar refractivity (Wildman–Crippen MR) is 124 cm³/mol. The largest absolute Gasteiger partial charge is 0.495 e. The van der Waals surface area contributed by atoms with Crippen LogP contribution >= 0.6 is 0 Å². The number of carbonyl (C=O) groups excluding carboxylic acids is 1. The lowest BCUT2D eigenvalue weighted by molar-refractivity contribution is -0.119. The highest BCUT2D eigenvalue weighted by Crippen LogP contribution is 2.32. The monoisotopic (exact) mass is 454 g/mol. The average Bonchev–Trinajstić information content (AvgIpc) is 2.82. The van der Waals surface area contributed by atoms with Gasteiger partial charge in [0, 0.05) is 0 Å². The molecule has 8 heteroatoms. The third kappa shape index (κ3) is 5.59. The van der Waals surface area contributed by atoms with Crippen molar-refractivity contribution < 1.29 is 22.7 Å². The molecule has 0 radical (unpaired) electrons. The first kappa shape index (κ1) is 23.1. The third-order valence-corrected chi connectivity index (χ3v) is 6.52. The predicted octanol–water partition coefficient (Wildman–Crippen LogP) is 3.39. The number of para-hydroxylation sites is 3. The van der Waals surface area contributed by atoms with E-state index in [2.05, 4.69) is 5.32 Å². The molecule has 0 atom stereocenters. The van der Waals surface area contributed by atoms with E-state index in [1.54, 1.807) is 42.5 Å². The van der Waals surface area contributed by atoms with Crippen LogP contribution in [-0.4, -0.2) is 41.1 Å². The summed E-state index contributed by atoms with van der Waals surface area (Å²) >= 11 is 0. The molecule has 0 heterocycles. The van der Waals surface area contributed by atoms with E-state index in [4.69, 9.17) is 9.47 Å². The van der Waals surface area contributed by atoms with Crippen molar-refractivity contribution >= 4 is 21.6 Å². The fourth-order valence-electron chi connectivity index (χ4n) is 3.11. The Morgan fingerprint density at radius 3 is 2.22 bits per heavy atom. The van der Waals surface area contributed by atoms with Crippen LogP contribution in [0.2, 0.25) is 0 Å². The number of nitrogens with one attached hydrogen (secondary N) is 1. The van der Waals surface area contributed by atoms with Gasteiger partial charge in [0.25, 0.3) is 10.0 Å². The first-order valence-electron chi connectivity index (χ1n) is 10.1. The van der Waals surface area contributed by atoms with E-state index in [9.17, 15) is 13.2 Å². The second kappa shape index (κ2) is 10.7. The van der Waals surface area contributed by atoms with Gasteiger partial charge in [-0.05, 0) is 42.8 Å². The Morgan fingerprint density at radius 1 is 0.906 bits per heavy atom. The minimum atomic E-state index is -4.00. The molecule has 0 unspecified atom stereocenters.